The Labute approximate surface area is 114 Å². The molecule has 1 saturated heterocycles. The first kappa shape index (κ1) is 13.6. The maximum atomic E-state index is 11.8. The smallest absolute Gasteiger partial charge is 0.179 e. The Bertz CT molecular complexity index is 445. The van der Waals surface area contributed by atoms with Crippen molar-refractivity contribution in [2.45, 2.75) is 32.7 Å². The second-order valence-corrected chi connectivity index (χ2v) is 5.51. The Kier molecular flexibility index (Phi) is 4.13. The maximum absolute atomic E-state index is 11.8. The molecule has 4 heteroatoms. The number of hydrogen-bond acceptors (Lipinski definition) is 2. The van der Waals surface area contributed by atoms with Crippen LogP contribution in [0.3, 0.4) is 0 Å². The lowest BCUT2D eigenvalue weighted by molar-refractivity contribution is 0.102. The van der Waals surface area contributed by atoms with Crippen molar-refractivity contribution < 1.29 is 4.79 Å². The molecule has 18 heavy (non-hydrogen) atoms. The van der Waals surface area contributed by atoms with Gasteiger partial charge in [-0.1, -0.05) is 0 Å². The van der Waals surface area contributed by atoms with Crippen LogP contribution >= 0.6 is 11.6 Å². The normalized spacial score (nSPS) is 18.2. The van der Waals surface area contributed by atoms with Gasteiger partial charge in [-0.2, -0.15) is 0 Å². The van der Waals surface area contributed by atoms with Gasteiger partial charge in [-0.15, -0.1) is 11.6 Å². The van der Waals surface area contributed by atoms with Crippen molar-refractivity contribution in [1.82, 2.24) is 9.47 Å². The van der Waals surface area contributed by atoms with E-state index in [0.29, 0.717) is 6.04 Å². The third-order valence-corrected chi connectivity index (χ3v) is 4.20. The third kappa shape index (κ3) is 2.47. The summed E-state index contributed by atoms with van der Waals surface area (Å²) >= 11 is 5.66. The van der Waals surface area contributed by atoms with E-state index in [1.807, 2.05) is 13.0 Å². The summed E-state index contributed by atoms with van der Waals surface area (Å²) in [4.78, 5) is 14.1. The molecule has 2 heterocycles. The molecule has 1 aliphatic heterocycles. The van der Waals surface area contributed by atoms with Gasteiger partial charge in [-0.05, 0) is 52.9 Å². The molecule has 0 bridgehead atoms. The molecule has 3 nitrogen and oxygen atoms in total. The van der Waals surface area contributed by atoms with Crippen molar-refractivity contribution in [2.75, 3.05) is 26.0 Å². The van der Waals surface area contributed by atoms with Gasteiger partial charge in [0.2, 0.25) is 0 Å². The second kappa shape index (κ2) is 5.45. The van der Waals surface area contributed by atoms with E-state index in [9.17, 15) is 4.79 Å². The number of aromatic nitrogens is 1. The molecule has 0 radical (unpaired) electrons. The summed E-state index contributed by atoms with van der Waals surface area (Å²) in [5, 5.41) is 0. The minimum atomic E-state index is 0.0314. The fourth-order valence-electron chi connectivity index (χ4n) is 2.95. The molecular weight excluding hydrogens is 248 g/mol. The van der Waals surface area contributed by atoms with Gasteiger partial charge < -0.3 is 9.47 Å². The number of rotatable bonds is 3. The summed E-state index contributed by atoms with van der Waals surface area (Å²) in [7, 11) is 2.16. The van der Waals surface area contributed by atoms with E-state index in [0.717, 1.165) is 37.2 Å². The molecule has 0 N–H and O–H groups in total. The Morgan fingerprint density at radius 1 is 1.39 bits per heavy atom. The van der Waals surface area contributed by atoms with E-state index >= 15 is 0 Å². The van der Waals surface area contributed by atoms with Gasteiger partial charge in [-0.3, -0.25) is 4.79 Å². The lowest BCUT2D eigenvalue weighted by atomic mass is 10.0. The fourth-order valence-corrected chi connectivity index (χ4v) is 3.09. The Morgan fingerprint density at radius 3 is 2.56 bits per heavy atom. The highest BCUT2D eigenvalue weighted by Gasteiger charge is 2.23. The van der Waals surface area contributed by atoms with Gasteiger partial charge in [-0.25, -0.2) is 0 Å². The van der Waals surface area contributed by atoms with Crippen molar-refractivity contribution in [3.05, 3.63) is 23.0 Å². The zero-order valence-electron chi connectivity index (χ0n) is 11.4. The van der Waals surface area contributed by atoms with Crippen LogP contribution in [0.1, 0.15) is 40.6 Å². The molecule has 0 atom stereocenters. The van der Waals surface area contributed by atoms with Gasteiger partial charge in [0, 0.05) is 23.0 Å². The van der Waals surface area contributed by atoms with Crippen LogP contribution in [0.5, 0.6) is 0 Å². The number of aryl methyl sites for hydroxylation is 1. The van der Waals surface area contributed by atoms with E-state index in [1.165, 1.54) is 5.69 Å². The van der Waals surface area contributed by atoms with Crippen LogP contribution in [0.4, 0.5) is 0 Å². The van der Waals surface area contributed by atoms with Crippen LogP contribution in [-0.4, -0.2) is 41.3 Å². The minimum absolute atomic E-state index is 0.0314. The van der Waals surface area contributed by atoms with Crippen LogP contribution < -0.4 is 0 Å². The van der Waals surface area contributed by atoms with Gasteiger partial charge in [0.05, 0.1) is 5.88 Å². The third-order valence-electron chi connectivity index (χ3n) is 3.96. The number of ketones is 1. The number of alkyl halides is 1. The first-order chi connectivity index (χ1) is 8.54. The SMILES string of the molecule is Cc1cc(C(=O)CCl)c(C)n1C1CCN(C)CC1. The number of hydrogen-bond donors (Lipinski definition) is 0. The minimum Gasteiger partial charge on any atom is -0.345 e. The first-order valence-corrected chi connectivity index (χ1v) is 7.04. The monoisotopic (exact) mass is 268 g/mol. The summed E-state index contributed by atoms with van der Waals surface area (Å²) in [6.07, 6.45) is 2.31. The van der Waals surface area contributed by atoms with Crippen LogP contribution in [0.25, 0.3) is 0 Å². The number of carbonyl (C=O) groups excluding carboxylic acids is 1. The molecule has 1 aromatic rings. The molecule has 1 fully saturated rings. The number of halogens is 1. The van der Waals surface area contributed by atoms with E-state index in [4.69, 9.17) is 11.6 Å². The molecule has 0 amide bonds. The zero-order valence-corrected chi connectivity index (χ0v) is 12.1. The second-order valence-electron chi connectivity index (χ2n) is 5.25. The van der Waals surface area contributed by atoms with Gasteiger partial charge in [0.1, 0.15) is 0 Å². The molecular formula is C14H21ClN2O. The number of carbonyl (C=O) groups is 1. The predicted molar refractivity (Wildman–Crippen MR) is 74.7 cm³/mol. The van der Waals surface area contributed by atoms with Crippen LogP contribution in [0.2, 0.25) is 0 Å². The molecule has 100 valence electrons. The standard InChI is InChI=1S/C14H21ClN2O/c1-10-8-13(14(18)9-15)11(2)17(10)12-4-6-16(3)7-5-12/h8,12H,4-7,9H2,1-3H3. The molecule has 1 aliphatic rings. The lowest BCUT2D eigenvalue weighted by Crippen LogP contribution is -2.32. The van der Waals surface area contributed by atoms with E-state index in [2.05, 4.69) is 23.4 Å². The Balaban J connectivity index is 2.28. The molecule has 1 aromatic heterocycles. The van der Waals surface area contributed by atoms with Crippen molar-refractivity contribution in [3.8, 4) is 0 Å². The highest BCUT2D eigenvalue weighted by atomic mass is 35.5. The highest BCUT2D eigenvalue weighted by Crippen LogP contribution is 2.28. The molecule has 2 rings (SSSR count). The van der Waals surface area contributed by atoms with Crippen molar-refractivity contribution in [3.63, 3.8) is 0 Å². The maximum Gasteiger partial charge on any atom is 0.179 e. The molecule has 0 saturated carbocycles. The number of nitrogens with zero attached hydrogens (tertiary/aromatic N) is 2. The summed E-state index contributed by atoms with van der Waals surface area (Å²) in [5.74, 6) is 0.0986. The molecule has 0 unspecified atom stereocenters. The van der Waals surface area contributed by atoms with Crippen molar-refractivity contribution in [1.29, 1.82) is 0 Å². The van der Waals surface area contributed by atoms with Crippen LogP contribution in [-0.2, 0) is 0 Å². The first-order valence-electron chi connectivity index (χ1n) is 6.50. The Hall–Kier alpha value is -0.800. The number of likely N-dealkylation sites (tertiary alicyclic amines) is 1. The highest BCUT2D eigenvalue weighted by molar-refractivity contribution is 6.30. The summed E-state index contributed by atoms with van der Waals surface area (Å²) in [6, 6.07) is 2.51. The quantitative estimate of drug-likeness (QED) is 0.622. The van der Waals surface area contributed by atoms with Gasteiger partial charge >= 0.3 is 0 Å². The van der Waals surface area contributed by atoms with Crippen molar-refractivity contribution in [2.24, 2.45) is 0 Å². The van der Waals surface area contributed by atoms with Gasteiger partial charge in [0.25, 0.3) is 0 Å². The van der Waals surface area contributed by atoms with E-state index in [-0.39, 0.29) is 11.7 Å². The number of Topliss-reactive ketones (excluding diaryl/α,β-unsaturated/α-hetero) is 1. The average Bonchev–Trinajstić information content (AvgIpc) is 2.65. The van der Waals surface area contributed by atoms with Crippen LogP contribution in [0.15, 0.2) is 6.07 Å². The molecule has 0 aromatic carbocycles. The predicted octanol–water partition coefficient (Wildman–Crippen LogP) is 2.79. The number of piperidine rings is 1. The fraction of sp³-hybridized carbons (Fsp3) is 0.643. The molecule has 0 spiro atoms. The Morgan fingerprint density at radius 2 is 2.00 bits per heavy atom. The largest absolute Gasteiger partial charge is 0.345 e. The topological polar surface area (TPSA) is 25.2 Å². The summed E-state index contributed by atoms with van der Waals surface area (Å²) in [6.45, 7) is 6.36. The summed E-state index contributed by atoms with van der Waals surface area (Å²) in [5.41, 5.74) is 3.05. The lowest BCUT2D eigenvalue weighted by Gasteiger charge is -2.31. The van der Waals surface area contributed by atoms with E-state index in [1.54, 1.807) is 0 Å². The zero-order chi connectivity index (χ0) is 13.3. The van der Waals surface area contributed by atoms with Gasteiger partial charge in [0.15, 0.2) is 5.78 Å². The molecule has 0 aliphatic carbocycles. The average molecular weight is 269 g/mol. The van der Waals surface area contributed by atoms with Crippen molar-refractivity contribution >= 4 is 17.4 Å². The summed E-state index contributed by atoms with van der Waals surface area (Å²) < 4.78 is 2.33. The van der Waals surface area contributed by atoms with E-state index < -0.39 is 0 Å². The van der Waals surface area contributed by atoms with Crippen LogP contribution in [0, 0.1) is 13.8 Å².